The zero-order valence-electron chi connectivity index (χ0n) is 15.1. The molecule has 7 heteroatoms. The molecule has 0 heterocycles. The summed E-state index contributed by atoms with van der Waals surface area (Å²) in [5, 5.41) is 0. The van der Waals surface area contributed by atoms with Crippen molar-refractivity contribution in [2.75, 3.05) is 33.6 Å². The summed E-state index contributed by atoms with van der Waals surface area (Å²) >= 11 is 0. The summed E-state index contributed by atoms with van der Waals surface area (Å²) in [6, 6.07) is 12.8. The highest BCUT2D eigenvalue weighted by atomic mass is 32.2. The molecule has 0 N–H and O–H groups in total. The molecule has 140 valence electrons. The molecule has 0 fully saturated rings. The van der Waals surface area contributed by atoms with E-state index in [2.05, 4.69) is 0 Å². The number of hydrogen-bond acceptors (Lipinski definition) is 5. The number of carbonyl (C=O) groups excluding carboxylic acids is 1. The van der Waals surface area contributed by atoms with E-state index in [-0.39, 0.29) is 0 Å². The predicted molar refractivity (Wildman–Crippen MR) is 100 cm³/mol. The third kappa shape index (κ3) is 4.76. The van der Waals surface area contributed by atoms with Gasteiger partial charge in [0.15, 0.2) is 11.5 Å². The molecule has 0 aliphatic carbocycles. The van der Waals surface area contributed by atoms with Gasteiger partial charge in [0, 0.05) is 29.3 Å². The summed E-state index contributed by atoms with van der Waals surface area (Å²) in [7, 11) is 3.46. The zero-order chi connectivity index (χ0) is 18.9. The van der Waals surface area contributed by atoms with Gasteiger partial charge in [-0.1, -0.05) is 18.2 Å². The van der Waals surface area contributed by atoms with Crippen LogP contribution in [0.3, 0.4) is 0 Å². The van der Waals surface area contributed by atoms with Gasteiger partial charge in [-0.2, -0.15) is 0 Å². The molecule has 2 aromatic rings. The number of methoxy groups -OCH3 is 3. The van der Waals surface area contributed by atoms with Gasteiger partial charge >= 0.3 is 0 Å². The number of amides is 1. The average molecular weight is 377 g/mol. The molecule has 26 heavy (non-hydrogen) atoms. The number of benzene rings is 2. The molecule has 0 bridgehead atoms. The molecule has 2 rings (SSSR count). The topological polar surface area (TPSA) is 65.1 Å². The molecule has 2 aromatic carbocycles. The van der Waals surface area contributed by atoms with Crippen LogP contribution in [0.2, 0.25) is 0 Å². The van der Waals surface area contributed by atoms with Crippen molar-refractivity contribution in [3.05, 3.63) is 48.0 Å². The van der Waals surface area contributed by atoms with E-state index in [1.807, 2.05) is 36.4 Å². The molecule has 0 radical (unpaired) electrons. The summed E-state index contributed by atoms with van der Waals surface area (Å²) in [6.45, 7) is 0.682. The Kier molecular flexibility index (Phi) is 7.47. The Morgan fingerprint density at radius 1 is 0.962 bits per heavy atom. The number of rotatable bonds is 10. The fraction of sp³-hybridized carbons (Fsp3) is 0.316. The minimum Gasteiger partial charge on any atom is -0.493 e. The first kappa shape index (κ1) is 19.8. The molecule has 1 amide bonds. The lowest BCUT2D eigenvalue weighted by atomic mass is 10.1. The molecule has 0 aliphatic heterocycles. The molecule has 1 atom stereocenters. The van der Waals surface area contributed by atoms with Crippen molar-refractivity contribution in [2.45, 2.75) is 11.4 Å². The molecule has 0 saturated carbocycles. The monoisotopic (exact) mass is 377 g/mol. The van der Waals surface area contributed by atoms with Gasteiger partial charge in [0.2, 0.25) is 12.2 Å². The van der Waals surface area contributed by atoms with Crippen LogP contribution in [0, 0.1) is 0 Å². The van der Waals surface area contributed by atoms with Gasteiger partial charge < -0.3 is 19.1 Å². The van der Waals surface area contributed by atoms with E-state index in [0.29, 0.717) is 36.1 Å². The maximum absolute atomic E-state index is 12.3. The number of ether oxygens (including phenoxy) is 3. The second kappa shape index (κ2) is 9.82. The van der Waals surface area contributed by atoms with Gasteiger partial charge in [-0.25, -0.2) is 0 Å². The highest BCUT2D eigenvalue weighted by Crippen LogP contribution is 2.40. The van der Waals surface area contributed by atoms with E-state index in [1.54, 1.807) is 18.1 Å². The minimum atomic E-state index is -1.16. The molecule has 0 aromatic heterocycles. The second-order valence-corrected chi connectivity index (χ2v) is 7.00. The Balaban J connectivity index is 2.10. The lowest BCUT2D eigenvalue weighted by Gasteiger charge is -2.21. The van der Waals surface area contributed by atoms with E-state index in [4.69, 9.17) is 14.2 Å². The number of hydrogen-bond donors (Lipinski definition) is 0. The largest absolute Gasteiger partial charge is 0.493 e. The Morgan fingerprint density at radius 3 is 2.23 bits per heavy atom. The van der Waals surface area contributed by atoms with E-state index in [0.717, 1.165) is 16.9 Å². The Labute approximate surface area is 156 Å². The summed E-state index contributed by atoms with van der Waals surface area (Å²) in [6.07, 6.45) is 0.748. The van der Waals surface area contributed by atoms with Crippen LogP contribution in [-0.4, -0.2) is 49.1 Å². The highest BCUT2D eigenvalue weighted by Gasteiger charge is 2.18. The quantitative estimate of drug-likeness (QED) is 0.595. The van der Waals surface area contributed by atoms with Gasteiger partial charge in [-0.15, -0.1) is 0 Å². The van der Waals surface area contributed by atoms with Gasteiger partial charge in [0.05, 0.1) is 32.1 Å². The highest BCUT2D eigenvalue weighted by molar-refractivity contribution is 7.85. The van der Waals surface area contributed by atoms with Gasteiger partial charge in [0.1, 0.15) is 0 Å². The van der Waals surface area contributed by atoms with E-state index >= 15 is 0 Å². The van der Waals surface area contributed by atoms with Crippen molar-refractivity contribution in [2.24, 2.45) is 0 Å². The second-order valence-electron chi connectivity index (χ2n) is 5.43. The predicted octanol–water partition coefficient (Wildman–Crippen LogP) is 2.48. The SMILES string of the molecule is COc1ccc(CN(C=O)CCS(=O)c2ccccc2)c(OC)c1OC. The van der Waals surface area contributed by atoms with Crippen molar-refractivity contribution < 1.29 is 23.2 Å². The van der Waals surface area contributed by atoms with Crippen LogP contribution in [0.5, 0.6) is 17.2 Å². The molecule has 0 aliphatic rings. The van der Waals surface area contributed by atoms with Gasteiger partial charge in [-0.3, -0.25) is 9.00 Å². The van der Waals surface area contributed by atoms with Crippen LogP contribution in [0.1, 0.15) is 5.56 Å². The van der Waals surface area contributed by atoms with Crippen molar-refractivity contribution in [1.29, 1.82) is 0 Å². The van der Waals surface area contributed by atoms with Crippen molar-refractivity contribution in [3.8, 4) is 17.2 Å². The average Bonchev–Trinajstić information content (AvgIpc) is 2.70. The molecule has 0 saturated heterocycles. The van der Waals surface area contributed by atoms with Gasteiger partial charge in [0.25, 0.3) is 0 Å². The lowest BCUT2D eigenvalue weighted by molar-refractivity contribution is -0.118. The Hall–Kier alpha value is -2.54. The normalized spacial score (nSPS) is 11.5. The van der Waals surface area contributed by atoms with E-state index in [1.165, 1.54) is 14.2 Å². The Morgan fingerprint density at radius 2 is 1.65 bits per heavy atom. The van der Waals surface area contributed by atoms with E-state index < -0.39 is 10.8 Å². The Bertz CT molecular complexity index is 751. The zero-order valence-corrected chi connectivity index (χ0v) is 16.0. The standard InChI is InChI=1S/C19H23NO5S/c1-23-17-10-9-15(18(24-2)19(17)25-3)13-20(14-21)11-12-26(22)16-7-5-4-6-8-16/h4-10,14H,11-13H2,1-3H3. The van der Waals surface area contributed by atoms with Crippen LogP contribution >= 0.6 is 0 Å². The summed E-state index contributed by atoms with van der Waals surface area (Å²) < 4.78 is 28.4. The third-order valence-corrected chi connectivity index (χ3v) is 5.23. The van der Waals surface area contributed by atoms with Gasteiger partial charge in [-0.05, 0) is 24.3 Å². The number of nitrogens with zero attached hydrogens (tertiary/aromatic N) is 1. The van der Waals surface area contributed by atoms with Crippen molar-refractivity contribution in [3.63, 3.8) is 0 Å². The summed E-state index contributed by atoms with van der Waals surface area (Å²) in [4.78, 5) is 13.8. The number of carbonyl (C=O) groups is 1. The fourth-order valence-corrected chi connectivity index (χ4v) is 3.66. The minimum absolute atomic E-state index is 0.318. The van der Waals surface area contributed by atoms with Crippen LogP contribution in [0.15, 0.2) is 47.4 Å². The van der Waals surface area contributed by atoms with Crippen LogP contribution in [0.4, 0.5) is 0 Å². The fourth-order valence-electron chi connectivity index (χ4n) is 2.57. The summed E-state index contributed by atoms with van der Waals surface area (Å²) in [5.41, 5.74) is 0.780. The van der Waals surface area contributed by atoms with E-state index in [9.17, 15) is 9.00 Å². The van der Waals surface area contributed by atoms with Crippen LogP contribution < -0.4 is 14.2 Å². The molecular formula is C19H23NO5S. The van der Waals surface area contributed by atoms with Crippen LogP contribution in [0.25, 0.3) is 0 Å². The molecular weight excluding hydrogens is 354 g/mol. The molecule has 1 unspecified atom stereocenters. The third-order valence-electron chi connectivity index (χ3n) is 3.88. The maximum atomic E-state index is 12.3. The first-order chi connectivity index (χ1) is 12.6. The maximum Gasteiger partial charge on any atom is 0.210 e. The molecule has 6 nitrogen and oxygen atoms in total. The van der Waals surface area contributed by atoms with Crippen molar-refractivity contribution in [1.82, 2.24) is 4.90 Å². The lowest BCUT2D eigenvalue weighted by Crippen LogP contribution is -2.26. The first-order valence-corrected chi connectivity index (χ1v) is 9.37. The van der Waals surface area contributed by atoms with Crippen molar-refractivity contribution >= 4 is 17.2 Å². The first-order valence-electron chi connectivity index (χ1n) is 8.05. The molecule has 0 spiro atoms. The van der Waals surface area contributed by atoms with Crippen LogP contribution in [-0.2, 0) is 22.1 Å². The summed E-state index contributed by atoms with van der Waals surface area (Å²) in [5.74, 6) is 1.91. The smallest absolute Gasteiger partial charge is 0.210 e.